The fourth-order valence-electron chi connectivity index (χ4n) is 2.85. The molecule has 0 aliphatic rings. The molecule has 2 aromatic rings. The molecule has 0 spiro atoms. The van der Waals surface area contributed by atoms with Crippen LogP contribution in [0.2, 0.25) is 0 Å². The number of nitrogens with one attached hydrogen (secondary N) is 2. The third-order valence-corrected chi connectivity index (χ3v) is 4.39. The first-order valence-electron chi connectivity index (χ1n) is 10.7. The number of ether oxygens (including phenoxy) is 4. The van der Waals surface area contributed by atoms with E-state index in [9.17, 15) is 14.4 Å². The number of hydrogen-bond acceptors (Lipinski definition) is 8. The van der Waals surface area contributed by atoms with E-state index in [-0.39, 0.29) is 26.2 Å². The standard InChI is InChI=1S/C24H29N3O7/c1-4-32-22(28)16-34-20-12-11-18(14-21(20)31-3)15-25-27-23(29)19(26-24(30)33-5-2)13-17-9-7-6-8-10-17/h6-12,14-15,19H,4-5,13,16H2,1-3H3,(H,26,30)(H,27,29)/b25-15-/t19-/m0/s1. The average Bonchev–Trinajstić information content (AvgIpc) is 2.83. The number of nitrogens with zero attached hydrogens (tertiary/aromatic N) is 1. The Morgan fingerprint density at radius 3 is 2.41 bits per heavy atom. The number of benzene rings is 2. The van der Waals surface area contributed by atoms with Gasteiger partial charge < -0.3 is 24.3 Å². The van der Waals surface area contributed by atoms with Crippen molar-refractivity contribution in [2.75, 3.05) is 26.9 Å². The zero-order chi connectivity index (χ0) is 24.8. The van der Waals surface area contributed by atoms with Crippen LogP contribution in [0.1, 0.15) is 25.0 Å². The number of amides is 2. The van der Waals surface area contributed by atoms with E-state index in [4.69, 9.17) is 18.9 Å². The molecule has 0 radical (unpaired) electrons. The van der Waals surface area contributed by atoms with E-state index < -0.39 is 24.0 Å². The number of hydrazone groups is 1. The molecule has 10 heteroatoms. The van der Waals surface area contributed by atoms with E-state index in [1.165, 1.54) is 13.3 Å². The second kappa shape index (κ2) is 14.1. The van der Waals surface area contributed by atoms with Crippen molar-refractivity contribution in [3.8, 4) is 11.5 Å². The Balaban J connectivity index is 2.03. The minimum Gasteiger partial charge on any atom is -0.493 e. The molecule has 0 fully saturated rings. The summed E-state index contributed by atoms with van der Waals surface area (Å²) < 4.78 is 20.4. The first-order chi connectivity index (χ1) is 16.5. The van der Waals surface area contributed by atoms with Gasteiger partial charge in [0.1, 0.15) is 6.04 Å². The van der Waals surface area contributed by atoms with Gasteiger partial charge in [-0.15, -0.1) is 0 Å². The summed E-state index contributed by atoms with van der Waals surface area (Å²) in [6.07, 6.45) is 0.992. The Morgan fingerprint density at radius 1 is 1.00 bits per heavy atom. The molecule has 0 bridgehead atoms. The van der Waals surface area contributed by atoms with Crippen LogP contribution in [0.5, 0.6) is 11.5 Å². The Labute approximate surface area is 198 Å². The van der Waals surface area contributed by atoms with Crippen LogP contribution in [0.25, 0.3) is 0 Å². The largest absolute Gasteiger partial charge is 0.493 e. The van der Waals surface area contributed by atoms with Crippen LogP contribution < -0.4 is 20.2 Å². The lowest BCUT2D eigenvalue weighted by Crippen LogP contribution is -2.47. The van der Waals surface area contributed by atoms with Crippen LogP contribution in [-0.2, 0) is 25.5 Å². The summed E-state index contributed by atoms with van der Waals surface area (Å²) in [6.45, 7) is 3.59. The van der Waals surface area contributed by atoms with Gasteiger partial charge >= 0.3 is 12.1 Å². The normalized spacial score (nSPS) is 11.4. The van der Waals surface area contributed by atoms with Gasteiger partial charge in [-0.05, 0) is 43.2 Å². The molecule has 0 heterocycles. The number of carbonyl (C=O) groups excluding carboxylic acids is 3. The molecule has 0 saturated carbocycles. The molecule has 182 valence electrons. The molecular formula is C24H29N3O7. The molecule has 1 atom stereocenters. The van der Waals surface area contributed by atoms with Crippen LogP contribution in [0, 0.1) is 0 Å². The summed E-state index contributed by atoms with van der Waals surface area (Å²) >= 11 is 0. The fourth-order valence-corrected chi connectivity index (χ4v) is 2.85. The van der Waals surface area contributed by atoms with Gasteiger partial charge in [-0.3, -0.25) is 4.79 Å². The second-order valence-corrected chi connectivity index (χ2v) is 6.85. The molecule has 2 rings (SSSR count). The van der Waals surface area contributed by atoms with Gasteiger partial charge in [0.15, 0.2) is 18.1 Å². The smallest absolute Gasteiger partial charge is 0.407 e. The van der Waals surface area contributed by atoms with Crippen molar-refractivity contribution in [1.82, 2.24) is 10.7 Å². The van der Waals surface area contributed by atoms with Crippen LogP contribution in [-0.4, -0.2) is 57.2 Å². The Bertz CT molecular complexity index is 980. The van der Waals surface area contributed by atoms with E-state index in [0.29, 0.717) is 17.1 Å². The van der Waals surface area contributed by atoms with Crippen molar-refractivity contribution in [1.29, 1.82) is 0 Å². The average molecular weight is 472 g/mol. The molecule has 2 aromatic carbocycles. The zero-order valence-electron chi connectivity index (χ0n) is 19.4. The molecule has 0 saturated heterocycles. The highest BCUT2D eigenvalue weighted by Gasteiger charge is 2.21. The lowest BCUT2D eigenvalue weighted by atomic mass is 10.1. The molecule has 0 aliphatic heterocycles. The number of esters is 1. The summed E-state index contributed by atoms with van der Waals surface area (Å²) in [7, 11) is 1.46. The van der Waals surface area contributed by atoms with Gasteiger partial charge in [0.05, 0.1) is 26.5 Å². The minimum atomic E-state index is -0.883. The number of methoxy groups -OCH3 is 1. The van der Waals surface area contributed by atoms with Gasteiger partial charge in [-0.1, -0.05) is 30.3 Å². The van der Waals surface area contributed by atoms with E-state index in [1.54, 1.807) is 32.0 Å². The van der Waals surface area contributed by atoms with Crippen LogP contribution in [0.4, 0.5) is 4.79 Å². The highest BCUT2D eigenvalue weighted by atomic mass is 16.6. The molecule has 34 heavy (non-hydrogen) atoms. The maximum Gasteiger partial charge on any atom is 0.407 e. The monoisotopic (exact) mass is 471 g/mol. The maximum atomic E-state index is 12.7. The summed E-state index contributed by atoms with van der Waals surface area (Å²) in [4.78, 5) is 36.0. The minimum absolute atomic E-state index is 0.186. The maximum absolute atomic E-state index is 12.7. The Morgan fingerprint density at radius 2 is 1.74 bits per heavy atom. The van der Waals surface area contributed by atoms with Gasteiger partial charge in [-0.25, -0.2) is 15.0 Å². The van der Waals surface area contributed by atoms with E-state index in [1.807, 2.05) is 30.3 Å². The van der Waals surface area contributed by atoms with Crippen LogP contribution >= 0.6 is 0 Å². The zero-order valence-corrected chi connectivity index (χ0v) is 19.4. The Hall–Kier alpha value is -4.08. The van der Waals surface area contributed by atoms with Crippen molar-refractivity contribution in [3.63, 3.8) is 0 Å². The van der Waals surface area contributed by atoms with Crippen LogP contribution in [0.3, 0.4) is 0 Å². The van der Waals surface area contributed by atoms with Crippen molar-refractivity contribution < 1.29 is 33.3 Å². The van der Waals surface area contributed by atoms with Gasteiger partial charge in [0.2, 0.25) is 0 Å². The van der Waals surface area contributed by atoms with Crippen molar-refractivity contribution in [3.05, 3.63) is 59.7 Å². The van der Waals surface area contributed by atoms with Crippen molar-refractivity contribution >= 4 is 24.2 Å². The number of carbonyl (C=O) groups is 3. The molecule has 0 unspecified atom stereocenters. The van der Waals surface area contributed by atoms with Crippen LogP contribution in [0.15, 0.2) is 53.6 Å². The van der Waals surface area contributed by atoms with E-state index >= 15 is 0 Å². The summed E-state index contributed by atoms with van der Waals surface area (Å²) in [5.41, 5.74) is 3.91. The third kappa shape index (κ3) is 8.81. The lowest BCUT2D eigenvalue weighted by molar-refractivity contribution is -0.145. The van der Waals surface area contributed by atoms with Gasteiger partial charge in [0.25, 0.3) is 5.91 Å². The molecular weight excluding hydrogens is 442 g/mol. The molecule has 2 amide bonds. The SMILES string of the molecule is CCOC(=O)COc1ccc(/C=N\NC(=O)[C@H](Cc2ccccc2)NC(=O)OCC)cc1OC. The Kier molecular flexibility index (Phi) is 10.9. The topological polar surface area (TPSA) is 125 Å². The van der Waals surface area contributed by atoms with Crippen molar-refractivity contribution in [2.24, 2.45) is 5.10 Å². The summed E-state index contributed by atoms with van der Waals surface area (Å²) in [6, 6.07) is 13.3. The molecule has 2 N–H and O–H groups in total. The highest BCUT2D eigenvalue weighted by molar-refractivity contribution is 5.87. The first kappa shape index (κ1) is 26.2. The predicted molar refractivity (Wildman–Crippen MR) is 125 cm³/mol. The second-order valence-electron chi connectivity index (χ2n) is 6.85. The van der Waals surface area contributed by atoms with Crippen molar-refractivity contribution in [2.45, 2.75) is 26.3 Å². The highest BCUT2D eigenvalue weighted by Crippen LogP contribution is 2.27. The lowest BCUT2D eigenvalue weighted by Gasteiger charge is -2.16. The third-order valence-electron chi connectivity index (χ3n) is 4.39. The quantitative estimate of drug-likeness (QED) is 0.277. The van der Waals surface area contributed by atoms with E-state index in [2.05, 4.69) is 15.8 Å². The summed E-state index contributed by atoms with van der Waals surface area (Å²) in [5, 5.41) is 6.53. The fraction of sp³-hybridized carbons (Fsp3) is 0.333. The molecule has 0 aromatic heterocycles. The van der Waals surface area contributed by atoms with E-state index in [0.717, 1.165) is 5.56 Å². The number of rotatable bonds is 12. The molecule has 10 nitrogen and oxygen atoms in total. The predicted octanol–water partition coefficient (Wildman–Crippen LogP) is 2.44. The number of alkyl carbamates (subject to hydrolysis) is 1. The summed E-state index contributed by atoms with van der Waals surface area (Å²) in [5.74, 6) is -0.252. The first-order valence-corrected chi connectivity index (χ1v) is 10.7. The molecule has 0 aliphatic carbocycles. The number of hydrogen-bond donors (Lipinski definition) is 2. The van der Waals surface area contributed by atoms with Gasteiger partial charge in [-0.2, -0.15) is 5.10 Å². The van der Waals surface area contributed by atoms with Gasteiger partial charge in [0, 0.05) is 6.42 Å².